The molecule has 0 amide bonds. The first-order chi connectivity index (χ1) is 10.2. The molecule has 0 aliphatic carbocycles. The zero-order chi connectivity index (χ0) is 15.5. The second kappa shape index (κ2) is 9.75. The summed E-state index contributed by atoms with van der Waals surface area (Å²) in [5.74, 6) is -0.302. The van der Waals surface area contributed by atoms with Gasteiger partial charge in [0, 0.05) is 7.11 Å². The number of nitriles is 1. The lowest BCUT2D eigenvalue weighted by molar-refractivity contribution is -0.140. The molecule has 0 bridgehead atoms. The van der Waals surface area contributed by atoms with Crippen LogP contribution in [0.3, 0.4) is 0 Å². The molecule has 0 fully saturated rings. The SMILES string of the molecule is COCCOCOc1ccc(C(C#N)CC(=O)OC)cc1. The molecule has 0 heterocycles. The minimum Gasteiger partial charge on any atom is -0.469 e. The van der Waals surface area contributed by atoms with Gasteiger partial charge in [-0.1, -0.05) is 12.1 Å². The quantitative estimate of drug-likeness (QED) is 0.393. The van der Waals surface area contributed by atoms with Crippen molar-refractivity contribution >= 4 is 5.97 Å². The number of methoxy groups -OCH3 is 2. The van der Waals surface area contributed by atoms with E-state index in [2.05, 4.69) is 10.8 Å². The second-order valence-electron chi connectivity index (χ2n) is 4.19. The summed E-state index contributed by atoms with van der Waals surface area (Å²) in [4.78, 5) is 11.2. The molecule has 1 unspecified atom stereocenters. The van der Waals surface area contributed by atoms with Gasteiger partial charge in [-0.15, -0.1) is 0 Å². The van der Waals surface area contributed by atoms with Crippen molar-refractivity contribution in [2.75, 3.05) is 34.2 Å². The molecule has 0 saturated carbocycles. The smallest absolute Gasteiger partial charge is 0.307 e. The van der Waals surface area contributed by atoms with E-state index in [0.717, 1.165) is 5.56 Å². The molecule has 0 aromatic heterocycles. The van der Waals surface area contributed by atoms with Crippen molar-refractivity contribution < 1.29 is 23.7 Å². The molecule has 1 atom stereocenters. The van der Waals surface area contributed by atoms with Gasteiger partial charge < -0.3 is 18.9 Å². The van der Waals surface area contributed by atoms with Crippen LogP contribution < -0.4 is 4.74 Å². The lowest BCUT2D eigenvalue weighted by Crippen LogP contribution is -2.08. The highest BCUT2D eigenvalue weighted by atomic mass is 16.7. The summed E-state index contributed by atoms with van der Waals surface area (Å²) in [6.07, 6.45) is 0.0351. The van der Waals surface area contributed by atoms with Crippen LogP contribution in [0.25, 0.3) is 0 Å². The van der Waals surface area contributed by atoms with Gasteiger partial charge in [-0.3, -0.25) is 4.79 Å². The molecule has 6 nitrogen and oxygen atoms in total. The molecule has 0 radical (unpaired) electrons. The molecule has 1 aromatic carbocycles. The maximum atomic E-state index is 11.2. The van der Waals surface area contributed by atoms with Crippen molar-refractivity contribution in [3.8, 4) is 11.8 Å². The van der Waals surface area contributed by atoms with Gasteiger partial charge in [0.1, 0.15) is 5.75 Å². The van der Waals surface area contributed by atoms with E-state index in [4.69, 9.17) is 19.5 Å². The predicted octanol–water partition coefficient (Wildman–Crippen LogP) is 1.86. The van der Waals surface area contributed by atoms with E-state index in [1.807, 2.05) is 0 Å². The Morgan fingerprint density at radius 1 is 1.24 bits per heavy atom. The molecule has 114 valence electrons. The van der Waals surface area contributed by atoms with Crippen LogP contribution in [0.5, 0.6) is 5.75 Å². The first-order valence-corrected chi connectivity index (χ1v) is 6.47. The number of ether oxygens (including phenoxy) is 4. The fourth-order valence-electron chi connectivity index (χ4n) is 1.60. The van der Waals surface area contributed by atoms with Gasteiger partial charge >= 0.3 is 5.97 Å². The minimum absolute atomic E-state index is 0.0351. The molecular weight excluding hydrogens is 274 g/mol. The Balaban J connectivity index is 2.48. The number of hydrogen-bond donors (Lipinski definition) is 0. The van der Waals surface area contributed by atoms with Crippen molar-refractivity contribution in [3.63, 3.8) is 0 Å². The Kier molecular flexibility index (Phi) is 7.87. The van der Waals surface area contributed by atoms with Crippen LogP contribution in [-0.2, 0) is 19.0 Å². The lowest BCUT2D eigenvalue weighted by atomic mass is 9.97. The third-order valence-electron chi connectivity index (χ3n) is 2.78. The monoisotopic (exact) mass is 293 g/mol. The Morgan fingerprint density at radius 2 is 1.95 bits per heavy atom. The number of esters is 1. The van der Waals surface area contributed by atoms with Crippen LogP contribution in [-0.4, -0.2) is 40.2 Å². The molecule has 1 rings (SSSR count). The van der Waals surface area contributed by atoms with Gasteiger partial charge in [-0.25, -0.2) is 0 Å². The van der Waals surface area contributed by atoms with Crippen molar-refractivity contribution in [1.82, 2.24) is 0 Å². The van der Waals surface area contributed by atoms with E-state index in [0.29, 0.717) is 19.0 Å². The lowest BCUT2D eigenvalue weighted by Gasteiger charge is -2.10. The predicted molar refractivity (Wildman–Crippen MR) is 74.8 cm³/mol. The second-order valence-corrected chi connectivity index (χ2v) is 4.19. The average molecular weight is 293 g/mol. The number of carbonyl (C=O) groups is 1. The first kappa shape index (κ1) is 17.0. The van der Waals surface area contributed by atoms with Crippen molar-refractivity contribution in [1.29, 1.82) is 5.26 Å². The normalized spacial score (nSPS) is 11.5. The summed E-state index contributed by atoms with van der Waals surface area (Å²) in [6.45, 7) is 1.11. The third-order valence-corrected chi connectivity index (χ3v) is 2.78. The number of benzene rings is 1. The highest BCUT2D eigenvalue weighted by molar-refractivity contribution is 5.71. The average Bonchev–Trinajstić information content (AvgIpc) is 2.53. The van der Waals surface area contributed by atoms with E-state index in [9.17, 15) is 4.79 Å². The highest BCUT2D eigenvalue weighted by Crippen LogP contribution is 2.22. The molecule has 6 heteroatoms. The largest absolute Gasteiger partial charge is 0.469 e. The molecule has 0 aliphatic heterocycles. The number of rotatable bonds is 9. The summed E-state index contributed by atoms with van der Waals surface area (Å²) >= 11 is 0. The van der Waals surface area contributed by atoms with Crippen LogP contribution in [0.15, 0.2) is 24.3 Å². The highest BCUT2D eigenvalue weighted by Gasteiger charge is 2.15. The van der Waals surface area contributed by atoms with Crippen LogP contribution in [0, 0.1) is 11.3 Å². The standard InChI is InChI=1S/C15H19NO5/c1-18-7-8-20-11-21-14-5-3-12(4-6-14)13(10-16)9-15(17)19-2/h3-6,13H,7-9,11H2,1-2H3. The van der Waals surface area contributed by atoms with Crippen LogP contribution in [0.1, 0.15) is 17.9 Å². The summed E-state index contributed by atoms with van der Waals surface area (Å²) in [6, 6.07) is 9.06. The fraction of sp³-hybridized carbons (Fsp3) is 0.467. The zero-order valence-corrected chi connectivity index (χ0v) is 12.2. The van der Waals surface area contributed by atoms with Crippen LogP contribution >= 0.6 is 0 Å². The van der Waals surface area contributed by atoms with Crippen molar-refractivity contribution in [2.24, 2.45) is 0 Å². The van der Waals surface area contributed by atoms with Gasteiger partial charge in [-0.05, 0) is 17.7 Å². The molecule has 0 saturated heterocycles. The number of nitrogens with zero attached hydrogens (tertiary/aromatic N) is 1. The Morgan fingerprint density at radius 3 is 2.52 bits per heavy atom. The third kappa shape index (κ3) is 6.25. The maximum absolute atomic E-state index is 11.2. The van der Waals surface area contributed by atoms with E-state index < -0.39 is 11.9 Å². The van der Waals surface area contributed by atoms with Gasteiger partial charge in [0.2, 0.25) is 0 Å². The molecule has 0 spiro atoms. The van der Waals surface area contributed by atoms with E-state index in [1.165, 1.54) is 7.11 Å². The maximum Gasteiger partial charge on any atom is 0.307 e. The Labute approximate surface area is 124 Å². The van der Waals surface area contributed by atoms with E-state index >= 15 is 0 Å². The van der Waals surface area contributed by atoms with E-state index in [1.54, 1.807) is 31.4 Å². The summed E-state index contributed by atoms with van der Waals surface area (Å²) in [5.41, 5.74) is 0.746. The molecule has 1 aromatic rings. The summed E-state index contributed by atoms with van der Waals surface area (Å²) < 4.78 is 20.0. The summed E-state index contributed by atoms with van der Waals surface area (Å²) in [5, 5.41) is 9.10. The Bertz CT molecular complexity index is 466. The molecule has 0 N–H and O–H groups in total. The van der Waals surface area contributed by atoms with E-state index in [-0.39, 0.29) is 13.2 Å². The zero-order valence-electron chi connectivity index (χ0n) is 12.2. The number of carbonyl (C=O) groups excluding carboxylic acids is 1. The summed E-state index contributed by atoms with van der Waals surface area (Å²) in [7, 11) is 2.90. The number of hydrogen-bond acceptors (Lipinski definition) is 6. The molecule has 0 aliphatic rings. The van der Waals surface area contributed by atoms with Crippen molar-refractivity contribution in [3.05, 3.63) is 29.8 Å². The topological polar surface area (TPSA) is 77.8 Å². The van der Waals surface area contributed by atoms with Crippen LogP contribution in [0.4, 0.5) is 0 Å². The fourth-order valence-corrected chi connectivity index (χ4v) is 1.60. The van der Waals surface area contributed by atoms with Crippen molar-refractivity contribution in [2.45, 2.75) is 12.3 Å². The van der Waals surface area contributed by atoms with Crippen LogP contribution in [0.2, 0.25) is 0 Å². The Hall–Kier alpha value is -2.10. The van der Waals surface area contributed by atoms with Gasteiger partial charge in [-0.2, -0.15) is 5.26 Å². The van der Waals surface area contributed by atoms with Gasteiger partial charge in [0.15, 0.2) is 6.79 Å². The van der Waals surface area contributed by atoms with Gasteiger partial charge in [0.25, 0.3) is 0 Å². The minimum atomic E-state index is -0.524. The van der Waals surface area contributed by atoms with Gasteiger partial charge in [0.05, 0.1) is 38.7 Å². The molecule has 21 heavy (non-hydrogen) atoms. The first-order valence-electron chi connectivity index (χ1n) is 6.47. The molecular formula is C15H19NO5.